The van der Waals surface area contributed by atoms with Crippen molar-refractivity contribution in [2.24, 2.45) is 0 Å². The quantitative estimate of drug-likeness (QED) is 0.456. The molecule has 2 rings (SSSR count). The van der Waals surface area contributed by atoms with E-state index >= 15 is 0 Å². The number of hydrogen-bond donors (Lipinski definition) is 3. The smallest absolute Gasteiger partial charge is 0.311 e. The van der Waals surface area contributed by atoms with Crippen LogP contribution in [0.5, 0.6) is 5.75 Å². The number of nitro groups is 1. The SMILES string of the molecule is O=c1[nH][nH]c(=O)c2cc([N+](=O)[O-])c(O)cc12. The number of nitrogens with zero attached hydrogens (tertiary/aromatic N) is 1. The molecule has 0 atom stereocenters. The minimum Gasteiger partial charge on any atom is -0.502 e. The summed E-state index contributed by atoms with van der Waals surface area (Å²) in [6.45, 7) is 0. The molecule has 1 heterocycles. The van der Waals surface area contributed by atoms with Crippen molar-refractivity contribution in [2.45, 2.75) is 0 Å². The summed E-state index contributed by atoms with van der Waals surface area (Å²) in [6, 6.07) is 1.75. The number of rotatable bonds is 1. The molecule has 0 saturated heterocycles. The van der Waals surface area contributed by atoms with E-state index in [2.05, 4.69) is 0 Å². The zero-order valence-electron chi connectivity index (χ0n) is 7.68. The Morgan fingerprint density at radius 2 is 1.62 bits per heavy atom. The van der Waals surface area contributed by atoms with E-state index < -0.39 is 27.5 Å². The zero-order chi connectivity index (χ0) is 11.9. The highest BCUT2D eigenvalue weighted by molar-refractivity contribution is 5.85. The number of nitro benzene ring substituents is 1. The molecule has 3 N–H and O–H groups in total. The third kappa shape index (κ3) is 1.32. The van der Waals surface area contributed by atoms with Crippen molar-refractivity contribution in [3.63, 3.8) is 0 Å². The Kier molecular flexibility index (Phi) is 1.97. The lowest BCUT2D eigenvalue weighted by atomic mass is 10.1. The molecule has 8 nitrogen and oxygen atoms in total. The molecule has 0 unspecified atom stereocenters. The van der Waals surface area contributed by atoms with E-state index in [4.69, 9.17) is 0 Å². The zero-order valence-corrected chi connectivity index (χ0v) is 7.68. The maximum absolute atomic E-state index is 11.3. The third-order valence-electron chi connectivity index (χ3n) is 2.09. The first kappa shape index (κ1) is 9.90. The number of benzene rings is 1. The summed E-state index contributed by atoms with van der Waals surface area (Å²) in [5.74, 6) is -0.659. The number of phenols is 1. The summed E-state index contributed by atoms with van der Waals surface area (Å²) in [4.78, 5) is 32.2. The summed E-state index contributed by atoms with van der Waals surface area (Å²) in [7, 11) is 0. The number of aromatic nitrogens is 2. The van der Waals surface area contributed by atoms with Crippen LogP contribution in [0, 0.1) is 10.1 Å². The van der Waals surface area contributed by atoms with Crippen LogP contribution in [-0.2, 0) is 0 Å². The normalized spacial score (nSPS) is 10.5. The number of aromatic amines is 2. The van der Waals surface area contributed by atoms with Gasteiger partial charge in [0.25, 0.3) is 11.1 Å². The first-order valence-electron chi connectivity index (χ1n) is 4.13. The van der Waals surface area contributed by atoms with Gasteiger partial charge < -0.3 is 5.11 Å². The van der Waals surface area contributed by atoms with Crippen LogP contribution < -0.4 is 11.1 Å². The van der Waals surface area contributed by atoms with E-state index in [9.17, 15) is 24.8 Å². The molecule has 0 radical (unpaired) electrons. The summed E-state index contributed by atoms with van der Waals surface area (Å²) < 4.78 is 0. The molecule has 0 fully saturated rings. The standard InChI is InChI=1S/C8H5N3O5/c12-6-2-4-3(1-5(6)11(15)16)7(13)9-10-8(4)14/h1-2,12H,(H,9,13)(H,10,14). The number of aromatic hydroxyl groups is 1. The van der Waals surface area contributed by atoms with Crippen LogP contribution in [0.1, 0.15) is 0 Å². The average molecular weight is 223 g/mol. The fraction of sp³-hybridized carbons (Fsp3) is 0. The molecule has 0 spiro atoms. The van der Waals surface area contributed by atoms with Gasteiger partial charge in [-0.15, -0.1) is 0 Å². The van der Waals surface area contributed by atoms with Crippen molar-refractivity contribution < 1.29 is 10.0 Å². The van der Waals surface area contributed by atoms with E-state index in [1.54, 1.807) is 0 Å². The molecule has 0 saturated carbocycles. The molecule has 1 aromatic heterocycles. The van der Waals surface area contributed by atoms with Crippen LogP contribution in [0.25, 0.3) is 10.8 Å². The molecule has 0 aliphatic rings. The number of fused-ring (bicyclic) bond motifs is 1. The van der Waals surface area contributed by atoms with Crippen LogP contribution in [0.3, 0.4) is 0 Å². The second-order valence-electron chi connectivity index (χ2n) is 3.05. The number of H-pyrrole nitrogens is 2. The van der Waals surface area contributed by atoms with E-state index in [0.717, 1.165) is 12.1 Å². The first-order valence-corrected chi connectivity index (χ1v) is 4.13. The highest BCUT2D eigenvalue weighted by Crippen LogP contribution is 2.27. The second kappa shape index (κ2) is 3.19. The van der Waals surface area contributed by atoms with Crippen LogP contribution >= 0.6 is 0 Å². The second-order valence-corrected chi connectivity index (χ2v) is 3.05. The van der Waals surface area contributed by atoms with Crippen LogP contribution in [-0.4, -0.2) is 20.2 Å². The topological polar surface area (TPSA) is 129 Å². The predicted octanol–water partition coefficient (Wildman–Crippen LogP) is -0.170. The van der Waals surface area contributed by atoms with Crippen LogP contribution in [0.2, 0.25) is 0 Å². The van der Waals surface area contributed by atoms with E-state index in [1.165, 1.54) is 0 Å². The van der Waals surface area contributed by atoms with Gasteiger partial charge in [-0.3, -0.25) is 29.9 Å². The fourth-order valence-corrected chi connectivity index (χ4v) is 1.35. The maximum Gasteiger partial charge on any atom is 0.311 e. The van der Waals surface area contributed by atoms with Crippen LogP contribution in [0.4, 0.5) is 5.69 Å². The molecular weight excluding hydrogens is 218 g/mol. The highest BCUT2D eigenvalue weighted by Gasteiger charge is 2.16. The summed E-state index contributed by atoms with van der Waals surface area (Å²) >= 11 is 0. The largest absolute Gasteiger partial charge is 0.502 e. The Bertz CT molecular complexity index is 699. The minimum absolute atomic E-state index is 0.105. The monoisotopic (exact) mass is 223 g/mol. The van der Waals surface area contributed by atoms with Crippen molar-refractivity contribution in [2.75, 3.05) is 0 Å². The third-order valence-corrected chi connectivity index (χ3v) is 2.09. The number of hydrogen-bond acceptors (Lipinski definition) is 5. The Morgan fingerprint density at radius 3 is 2.12 bits per heavy atom. The molecule has 0 amide bonds. The van der Waals surface area contributed by atoms with Crippen LogP contribution in [0.15, 0.2) is 21.7 Å². The molecule has 2 aromatic rings. The van der Waals surface area contributed by atoms with Crippen molar-refractivity contribution >= 4 is 16.5 Å². The molecule has 16 heavy (non-hydrogen) atoms. The summed E-state index contributed by atoms with van der Waals surface area (Å²) in [5, 5.41) is 23.6. The average Bonchev–Trinajstić information content (AvgIpc) is 2.23. The maximum atomic E-state index is 11.3. The van der Waals surface area contributed by atoms with Crippen molar-refractivity contribution in [3.05, 3.63) is 43.0 Å². The highest BCUT2D eigenvalue weighted by atomic mass is 16.6. The molecule has 0 aliphatic heterocycles. The molecule has 0 aliphatic carbocycles. The Hall–Kier alpha value is -2.64. The fourth-order valence-electron chi connectivity index (χ4n) is 1.35. The van der Waals surface area contributed by atoms with Crippen molar-refractivity contribution in [1.82, 2.24) is 10.2 Å². The lowest BCUT2D eigenvalue weighted by molar-refractivity contribution is -0.385. The summed E-state index contributed by atoms with van der Waals surface area (Å²) in [5.41, 5.74) is -1.93. The Balaban J connectivity index is 3.01. The predicted molar refractivity (Wildman–Crippen MR) is 53.5 cm³/mol. The van der Waals surface area contributed by atoms with Gasteiger partial charge in [0.05, 0.1) is 15.7 Å². The number of nitrogens with one attached hydrogen (secondary N) is 2. The van der Waals surface area contributed by atoms with Gasteiger partial charge in [-0.05, 0) is 0 Å². The molecule has 8 heteroatoms. The molecular formula is C8H5N3O5. The van der Waals surface area contributed by atoms with Gasteiger partial charge in [-0.2, -0.15) is 0 Å². The number of phenolic OH excluding ortho intramolecular Hbond substituents is 1. The molecule has 1 aromatic carbocycles. The van der Waals surface area contributed by atoms with Gasteiger partial charge in [-0.25, -0.2) is 0 Å². The van der Waals surface area contributed by atoms with Gasteiger partial charge >= 0.3 is 5.69 Å². The van der Waals surface area contributed by atoms with Crippen molar-refractivity contribution in [3.8, 4) is 5.75 Å². The Morgan fingerprint density at radius 1 is 1.12 bits per heavy atom. The van der Waals surface area contributed by atoms with Gasteiger partial charge in [0.15, 0.2) is 5.75 Å². The lowest BCUT2D eigenvalue weighted by Gasteiger charge is -1.98. The van der Waals surface area contributed by atoms with E-state index in [0.29, 0.717) is 0 Å². The molecule has 0 bridgehead atoms. The van der Waals surface area contributed by atoms with Gasteiger partial charge in [0.1, 0.15) is 0 Å². The van der Waals surface area contributed by atoms with E-state index in [1.807, 2.05) is 10.2 Å². The Labute approximate surface area is 86.3 Å². The lowest BCUT2D eigenvalue weighted by Crippen LogP contribution is -2.18. The van der Waals surface area contributed by atoms with Gasteiger partial charge in [0.2, 0.25) is 0 Å². The minimum atomic E-state index is -0.838. The van der Waals surface area contributed by atoms with Gasteiger partial charge in [0, 0.05) is 12.1 Å². The summed E-state index contributed by atoms with van der Waals surface area (Å²) in [6.07, 6.45) is 0. The van der Waals surface area contributed by atoms with E-state index in [-0.39, 0.29) is 10.8 Å². The van der Waals surface area contributed by atoms with Crippen molar-refractivity contribution in [1.29, 1.82) is 0 Å². The van der Waals surface area contributed by atoms with Gasteiger partial charge in [-0.1, -0.05) is 0 Å². The molecule has 82 valence electrons. The first-order chi connectivity index (χ1) is 7.50.